The van der Waals surface area contributed by atoms with Crippen molar-refractivity contribution in [1.82, 2.24) is 15.3 Å². The van der Waals surface area contributed by atoms with Crippen molar-refractivity contribution in [3.8, 4) is 5.75 Å². The van der Waals surface area contributed by atoms with Gasteiger partial charge in [0, 0.05) is 11.6 Å². The van der Waals surface area contributed by atoms with Gasteiger partial charge in [0.25, 0.3) is 5.91 Å². The normalized spacial score (nSPS) is 13.0. The first-order valence-corrected chi connectivity index (χ1v) is 8.94. The van der Waals surface area contributed by atoms with Crippen LogP contribution in [0.2, 0.25) is 0 Å². The second-order valence-electron chi connectivity index (χ2n) is 6.01. The molecule has 1 N–H and O–H groups in total. The molecule has 2 aromatic rings. The van der Waals surface area contributed by atoms with Gasteiger partial charge in [0.05, 0.1) is 17.3 Å². The molecule has 134 valence electrons. The van der Waals surface area contributed by atoms with E-state index in [0.29, 0.717) is 5.75 Å². The van der Waals surface area contributed by atoms with Crippen LogP contribution in [0.15, 0.2) is 29.8 Å². The predicted molar refractivity (Wildman–Crippen MR) is 99.9 cm³/mol. The zero-order valence-electron chi connectivity index (χ0n) is 14.9. The van der Waals surface area contributed by atoms with E-state index in [1.165, 1.54) is 31.4 Å². The number of oxime groups is 1. The number of thioether (sulfide) groups is 1. The maximum atomic E-state index is 12.5. The summed E-state index contributed by atoms with van der Waals surface area (Å²) in [5.41, 5.74) is 0.473. The van der Waals surface area contributed by atoms with Crippen LogP contribution in [0.3, 0.4) is 0 Å². The molecule has 1 heterocycles. The number of nitrogens with one attached hydrogen (secondary N) is 1. The van der Waals surface area contributed by atoms with Gasteiger partial charge in [-0.05, 0) is 44.7 Å². The number of ether oxygens (including phenoxy) is 1. The molecule has 0 aliphatic rings. The van der Waals surface area contributed by atoms with Crippen LogP contribution in [0, 0.1) is 6.92 Å². The van der Waals surface area contributed by atoms with Gasteiger partial charge in [0.1, 0.15) is 19.2 Å². The summed E-state index contributed by atoms with van der Waals surface area (Å²) in [7, 11) is 1.45. The van der Waals surface area contributed by atoms with Crippen molar-refractivity contribution < 1.29 is 14.4 Å². The molecule has 0 saturated heterocycles. The molecule has 1 aromatic carbocycles. The van der Waals surface area contributed by atoms with Crippen LogP contribution < -0.4 is 10.1 Å². The van der Waals surface area contributed by atoms with E-state index in [2.05, 4.69) is 25.3 Å². The summed E-state index contributed by atoms with van der Waals surface area (Å²) in [4.78, 5) is 25.5. The summed E-state index contributed by atoms with van der Waals surface area (Å²) in [5, 5.41) is 7.45. The lowest BCUT2D eigenvalue weighted by atomic mass is 10.1. The first-order chi connectivity index (χ1) is 11.9. The number of hydrogen-bond acceptors (Lipinski definition) is 7. The molecule has 0 saturated carbocycles. The van der Waals surface area contributed by atoms with Gasteiger partial charge in [0.15, 0.2) is 0 Å². The maximum Gasteiger partial charge on any atom is 0.272 e. The highest BCUT2D eigenvalue weighted by atomic mass is 32.2. The SMILES string of the molecule is CON=CC(C)(C)NC(=O)C(Oc1cc(C)c2ncncc2c1)SC. The zero-order chi connectivity index (χ0) is 18.4. The standard InChI is InChI=1S/C17H22N4O3S/c1-11-6-13(7-12-8-18-10-19-14(11)12)24-16(25-5)15(22)21-17(2,3)9-20-23-4/h6-10,16H,1-5H3,(H,21,22). The van der Waals surface area contributed by atoms with E-state index < -0.39 is 11.0 Å². The van der Waals surface area contributed by atoms with Gasteiger partial charge in [-0.3, -0.25) is 4.79 Å². The number of aryl methyl sites for hydroxylation is 1. The zero-order valence-corrected chi connectivity index (χ0v) is 15.8. The number of fused-ring (bicyclic) bond motifs is 1. The Bertz CT molecular complexity index is 780. The quantitative estimate of drug-likeness (QED) is 0.463. The molecule has 2 rings (SSSR count). The molecule has 7 nitrogen and oxygen atoms in total. The van der Waals surface area contributed by atoms with E-state index in [0.717, 1.165) is 16.5 Å². The fourth-order valence-electron chi connectivity index (χ4n) is 2.25. The van der Waals surface area contributed by atoms with Gasteiger partial charge in [-0.2, -0.15) is 0 Å². The molecule has 0 fully saturated rings. The lowest BCUT2D eigenvalue weighted by Crippen LogP contribution is -2.49. The van der Waals surface area contributed by atoms with Gasteiger partial charge in [-0.15, -0.1) is 11.8 Å². The molecule has 1 unspecified atom stereocenters. The van der Waals surface area contributed by atoms with Crippen LogP contribution in [-0.4, -0.2) is 46.4 Å². The highest BCUT2D eigenvalue weighted by molar-refractivity contribution is 7.99. The topological polar surface area (TPSA) is 85.7 Å². The number of rotatable bonds is 7. The van der Waals surface area contributed by atoms with Gasteiger partial charge >= 0.3 is 0 Å². The monoisotopic (exact) mass is 362 g/mol. The number of nitrogens with zero attached hydrogens (tertiary/aromatic N) is 3. The summed E-state index contributed by atoms with van der Waals surface area (Å²) in [6.45, 7) is 5.59. The van der Waals surface area contributed by atoms with E-state index in [1.807, 2.05) is 39.2 Å². The predicted octanol–water partition coefficient (Wildman–Crippen LogP) is 2.53. The Kier molecular flexibility index (Phi) is 6.19. The van der Waals surface area contributed by atoms with Crippen LogP contribution in [-0.2, 0) is 9.63 Å². The average molecular weight is 362 g/mol. The van der Waals surface area contributed by atoms with E-state index >= 15 is 0 Å². The Balaban J connectivity index is 2.16. The molecular formula is C17H22N4O3S. The number of aromatic nitrogens is 2. The fourth-order valence-corrected chi connectivity index (χ4v) is 2.73. The van der Waals surface area contributed by atoms with Gasteiger partial charge in [-0.1, -0.05) is 5.16 Å². The summed E-state index contributed by atoms with van der Waals surface area (Å²) in [5.74, 6) is 0.347. The van der Waals surface area contributed by atoms with Crippen molar-refractivity contribution in [3.05, 3.63) is 30.2 Å². The van der Waals surface area contributed by atoms with Crippen molar-refractivity contribution in [2.45, 2.75) is 31.7 Å². The van der Waals surface area contributed by atoms with E-state index in [1.54, 1.807) is 6.20 Å². The summed E-state index contributed by atoms with van der Waals surface area (Å²) in [6, 6.07) is 3.69. The summed E-state index contributed by atoms with van der Waals surface area (Å²) in [6.07, 6.45) is 6.58. The fraction of sp³-hybridized carbons (Fsp3) is 0.412. The molecule has 0 aliphatic heterocycles. The van der Waals surface area contributed by atoms with Crippen LogP contribution >= 0.6 is 11.8 Å². The molecule has 1 atom stereocenters. The highest BCUT2D eigenvalue weighted by Gasteiger charge is 2.26. The van der Waals surface area contributed by atoms with Crippen molar-refractivity contribution in [1.29, 1.82) is 0 Å². The number of hydrogen-bond donors (Lipinski definition) is 1. The maximum absolute atomic E-state index is 12.5. The molecule has 0 radical (unpaired) electrons. The first-order valence-electron chi connectivity index (χ1n) is 7.66. The highest BCUT2D eigenvalue weighted by Crippen LogP contribution is 2.25. The lowest BCUT2D eigenvalue weighted by molar-refractivity contribution is -0.125. The number of amides is 1. The lowest BCUT2D eigenvalue weighted by Gasteiger charge is -2.24. The number of carbonyl (C=O) groups is 1. The average Bonchev–Trinajstić information content (AvgIpc) is 2.57. The summed E-state index contributed by atoms with van der Waals surface area (Å²) < 4.78 is 5.88. The van der Waals surface area contributed by atoms with E-state index in [4.69, 9.17) is 4.74 Å². The van der Waals surface area contributed by atoms with Gasteiger partial charge < -0.3 is 14.9 Å². The molecule has 8 heteroatoms. The molecule has 25 heavy (non-hydrogen) atoms. The van der Waals surface area contributed by atoms with Crippen LogP contribution in [0.4, 0.5) is 0 Å². The third kappa shape index (κ3) is 5.06. The van der Waals surface area contributed by atoms with Crippen molar-refractivity contribution >= 4 is 34.8 Å². The second-order valence-corrected chi connectivity index (χ2v) is 6.91. The van der Waals surface area contributed by atoms with E-state index in [-0.39, 0.29) is 5.91 Å². The Morgan fingerprint density at radius 1 is 1.44 bits per heavy atom. The Morgan fingerprint density at radius 2 is 2.20 bits per heavy atom. The van der Waals surface area contributed by atoms with Crippen LogP contribution in [0.25, 0.3) is 10.9 Å². The van der Waals surface area contributed by atoms with Crippen molar-refractivity contribution in [3.63, 3.8) is 0 Å². The summed E-state index contributed by atoms with van der Waals surface area (Å²) >= 11 is 1.31. The Hall–Kier alpha value is -2.35. The molecule has 1 amide bonds. The second kappa shape index (κ2) is 8.15. The molecule has 0 aliphatic carbocycles. The first kappa shape index (κ1) is 19.0. The van der Waals surface area contributed by atoms with Crippen LogP contribution in [0.5, 0.6) is 5.75 Å². The van der Waals surface area contributed by atoms with E-state index in [9.17, 15) is 4.79 Å². The van der Waals surface area contributed by atoms with Crippen molar-refractivity contribution in [2.75, 3.05) is 13.4 Å². The minimum absolute atomic E-state index is 0.248. The largest absolute Gasteiger partial charge is 0.470 e. The third-order valence-electron chi connectivity index (χ3n) is 3.37. The van der Waals surface area contributed by atoms with Crippen molar-refractivity contribution in [2.24, 2.45) is 5.16 Å². The Morgan fingerprint density at radius 3 is 2.88 bits per heavy atom. The minimum atomic E-state index is -0.697. The van der Waals surface area contributed by atoms with Crippen LogP contribution in [0.1, 0.15) is 19.4 Å². The Labute approximate surface area is 151 Å². The molecule has 0 spiro atoms. The molecule has 1 aromatic heterocycles. The number of carbonyl (C=O) groups excluding carboxylic acids is 1. The molecule has 0 bridgehead atoms. The minimum Gasteiger partial charge on any atom is -0.470 e. The third-order valence-corrected chi connectivity index (χ3v) is 4.11. The number of benzene rings is 1. The smallest absolute Gasteiger partial charge is 0.272 e. The van der Waals surface area contributed by atoms with Gasteiger partial charge in [0.2, 0.25) is 5.44 Å². The molecular weight excluding hydrogens is 340 g/mol. The van der Waals surface area contributed by atoms with Gasteiger partial charge in [-0.25, -0.2) is 9.97 Å².